The van der Waals surface area contributed by atoms with E-state index in [0.717, 1.165) is 30.3 Å². The predicted octanol–water partition coefficient (Wildman–Crippen LogP) is 1.83. The molecule has 146 valence electrons. The van der Waals surface area contributed by atoms with Gasteiger partial charge in [-0.15, -0.1) is 0 Å². The molecule has 1 N–H and O–H groups in total. The standard InChI is InChI=1S/C19H21N5O3S/c25-19(18-12-16-14-20-8-11-24(16)22-18)21-13-15-4-6-17(7-5-15)28(26,27)23-9-2-1-3-10-23/h4-8,11-12,14H,1-3,9-10,13H2,(H,21,25). The van der Waals surface area contributed by atoms with Gasteiger partial charge in [-0.05, 0) is 36.6 Å². The third-order valence-corrected chi connectivity index (χ3v) is 6.74. The van der Waals surface area contributed by atoms with Gasteiger partial charge in [-0.1, -0.05) is 18.6 Å². The number of nitrogens with one attached hydrogen (secondary N) is 1. The second kappa shape index (κ2) is 7.69. The number of carbonyl (C=O) groups excluding carboxylic acids is 1. The number of piperidine rings is 1. The van der Waals surface area contributed by atoms with Crippen LogP contribution in [0.2, 0.25) is 0 Å². The van der Waals surface area contributed by atoms with Gasteiger partial charge < -0.3 is 5.32 Å². The van der Waals surface area contributed by atoms with E-state index in [9.17, 15) is 13.2 Å². The summed E-state index contributed by atoms with van der Waals surface area (Å²) in [5.41, 5.74) is 1.86. The van der Waals surface area contributed by atoms with E-state index in [2.05, 4.69) is 15.4 Å². The highest BCUT2D eigenvalue weighted by atomic mass is 32.2. The molecule has 9 heteroatoms. The number of aromatic nitrogens is 3. The summed E-state index contributed by atoms with van der Waals surface area (Å²) < 4.78 is 28.5. The zero-order valence-electron chi connectivity index (χ0n) is 15.3. The molecule has 0 spiro atoms. The van der Waals surface area contributed by atoms with Crippen molar-refractivity contribution in [1.82, 2.24) is 24.2 Å². The van der Waals surface area contributed by atoms with Gasteiger partial charge in [-0.3, -0.25) is 9.78 Å². The van der Waals surface area contributed by atoms with Crippen LogP contribution >= 0.6 is 0 Å². The summed E-state index contributed by atoms with van der Waals surface area (Å²) in [6, 6.07) is 8.32. The first-order valence-corrected chi connectivity index (χ1v) is 10.6. The van der Waals surface area contributed by atoms with Gasteiger partial charge in [0, 0.05) is 32.0 Å². The van der Waals surface area contributed by atoms with E-state index in [4.69, 9.17) is 0 Å². The van der Waals surface area contributed by atoms with Gasteiger partial charge >= 0.3 is 0 Å². The smallest absolute Gasteiger partial charge is 0.272 e. The molecule has 0 saturated carbocycles. The normalized spacial score (nSPS) is 15.6. The third kappa shape index (κ3) is 3.76. The maximum absolute atomic E-state index is 12.7. The Morgan fingerprint density at radius 2 is 1.86 bits per heavy atom. The molecular weight excluding hydrogens is 378 g/mol. The van der Waals surface area contributed by atoms with E-state index in [1.54, 1.807) is 57.7 Å². The zero-order valence-corrected chi connectivity index (χ0v) is 16.1. The van der Waals surface area contributed by atoms with Crippen LogP contribution in [-0.4, -0.2) is 46.3 Å². The van der Waals surface area contributed by atoms with Crippen LogP contribution in [0.3, 0.4) is 0 Å². The maximum atomic E-state index is 12.7. The predicted molar refractivity (Wildman–Crippen MR) is 103 cm³/mol. The van der Waals surface area contributed by atoms with E-state index < -0.39 is 10.0 Å². The van der Waals surface area contributed by atoms with Gasteiger partial charge in [0.15, 0.2) is 5.69 Å². The molecule has 1 fully saturated rings. The average molecular weight is 399 g/mol. The van der Waals surface area contributed by atoms with Gasteiger partial charge in [0.05, 0.1) is 16.6 Å². The monoisotopic (exact) mass is 399 g/mol. The Morgan fingerprint density at radius 1 is 1.11 bits per heavy atom. The Balaban J connectivity index is 1.41. The van der Waals surface area contributed by atoms with Crippen molar-refractivity contribution in [3.63, 3.8) is 0 Å². The molecule has 1 aliphatic rings. The van der Waals surface area contributed by atoms with Gasteiger partial charge in [-0.2, -0.15) is 9.40 Å². The van der Waals surface area contributed by atoms with Gasteiger partial charge in [0.2, 0.25) is 10.0 Å². The number of benzene rings is 1. The fourth-order valence-electron chi connectivity index (χ4n) is 3.26. The molecule has 0 unspecified atom stereocenters. The first kappa shape index (κ1) is 18.6. The minimum absolute atomic E-state index is 0.287. The Labute approximate surface area is 163 Å². The van der Waals surface area contributed by atoms with Gasteiger partial charge in [0.25, 0.3) is 5.91 Å². The molecule has 1 aromatic carbocycles. The van der Waals surface area contributed by atoms with E-state index in [-0.39, 0.29) is 17.3 Å². The van der Waals surface area contributed by atoms with E-state index in [1.807, 2.05) is 0 Å². The fourth-order valence-corrected chi connectivity index (χ4v) is 4.78. The molecular formula is C19H21N5O3S. The summed E-state index contributed by atoms with van der Waals surface area (Å²) in [7, 11) is -3.44. The van der Waals surface area contributed by atoms with Crippen molar-refractivity contribution < 1.29 is 13.2 Å². The van der Waals surface area contributed by atoms with E-state index in [1.165, 1.54) is 0 Å². The minimum atomic E-state index is -3.44. The van der Waals surface area contributed by atoms with Crippen LogP contribution in [0.1, 0.15) is 35.3 Å². The first-order valence-electron chi connectivity index (χ1n) is 9.21. The largest absolute Gasteiger partial charge is 0.347 e. The van der Waals surface area contributed by atoms with Crippen LogP contribution in [0.4, 0.5) is 0 Å². The van der Waals surface area contributed by atoms with E-state index >= 15 is 0 Å². The topological polar surface area (TPSA) is 96.7 Å². The molecule has 8 nitrogen and oxygen atoms in total. The summed E-state index contributed by atoms with van der Waals surface area (Å²) in [4.78, 5) is 16.6. The highest BCUT2D eigenvalue weighted by Crippen LogP contribution is 2.20. The fraction of sp³-hybridized carbons (Fsp3) is 0.316. The van der Waals surface area contributed by atoms with Crippen molar-refractivity contribution >= 4 is 21.4 Å². The summed E-state index contributed by atoms with van der Waals surface area (Å²) in [5, 5.41) is 7.01. The lowest BCUT2D eigenvalue weighted by Gasteiger charge is -2.25. The summed E-state index contributed by atoms with van der Waals surface area (Å²) >= 11 is 0. The van der Waals surface area contributed by atoms with Crippen molar-refractivity contribution in [2.45, 2.75) is 30.7 Å². The molecule has 2 aromatic heterocycles. The number of nitrogens with zero attached hydrogens (tertiary/aromatic N) is 4. The Kier molecular flexibility index (Phi) is 5.10. The molecule has 1 aliphatic heterocycles. The SMILES string of the molecule is O=C(NCc1ccc(S(=O)(=O)N2CCCCC2)cc1)c1cc2cnccn2n1. The van der Waals surface area contributed by atoms with Crippen molar-refractivity contribution in [3.8, 4) is 0 Å². The lowest BCUT2D eigenvalue weighted by atomic mass is 10.2. The van der Waals surface area contributed by atoms with Crippen LogP contribution in [0.15, 0.2) is 53.8 Å². The molecule has 1 amide bonds. The highest BCUT2D eigenvalue weighted by Gasteiger charge is 2.25. The number of rotatable bonds is 5. The molecule has 0 bridgehead atoms. The Morgan fingerprint density at radius 3 is 2.57 bits per heavy atom. The molecule has 3 aromatic rings. The Hall–Kier alpha value is -2.78. The number of sulfonamides is 1. The van der Waals surface area contributed by atoms with E-state index in [0.29, 0.717) is 18.8 Å². The van der Waals surface area contributed by atoms with Crippen molar-refractivity contribution in [2.75, 3.05) is 13.1 Å². The van der Waals surface area contributed by atoms with Crippen molar-refractivity contribution in [2.24, 2.45) is 0 Å². The lowest BCUT2D eigenvalue weighted by Crippen LogP contribution is -2.35. The second-order valence-corrected chi connectivity index (χ2v) is 8.70. The lowest BCUT2D eigenvalue weighted by molar-refractivity contribution is 0.0945. The van der Waals surface area contributed by atoms with Crippen LogP contribution < -0.4 is 5.32 Å². The number of fused-ring (bicyclic) bond motifs is 1. The van der Waals surface area contributed by atoms with Crippen molar-refractivity contribution in [3.05, 3.63) is 60.2 Å². The number of hydrogen-bond donors (Lipinski definition) is 1. The average Bonchev–Trinajstić information content (AvgIpc) is 3.17. The third-order valence-electron chi connectivity index (χ3n) is 4.83. The minimum Gasteiger partial charge on any atom is -0.347 e. The molecule has 28 heavy (non-hydrogen) atoms. The highest BCUT2D eigenvalue weighted by molar-refractivity contribution is 7.89. The van der Waals surface area contributed by atoms with Crippen molar-refractivity contribution in [1.29, 1.82) is 0 Å². The molecule has 0 atom stereocenters. The molecule has 3 heterocycles. The number of amides is 1. The number of hydrogen-bond acceptors (Lipinski definition) is 5. The number of carbonyl (C=O) groups is 1. The first-order chi connectivity index (χ1) is 13.5. The van der Waals surface area contributed by atoms with Gasteiger partial charge in [-0.25, -0.2) is 12.9 Å². The van der Waals surface area contributed by atoms with Crippen LogP contribution in [0, 0.1) is 0 Å². The summed E-state index contributed by atoms with van der Waals surface area (Å²) in [6.45, 7) is 1.44. The Bertz CT molecular complexity index is 1050. The zero-order chi connectivity index (χ0) is 19.6. The molecule has 4 rings (SSSR count). The molecule has 0 radical (unpaired) electrons. The quantitative estimate of drug-likeness (QED) is 0.706. The summed E-state index contributed by atoms with van der Waals surface area (Å²) in [5.74, 6) is -0.297. The van der Waals surface area contributed by atoms with Gasteiger partial charge in [0.1, 0.15) is 0 Å². The second-order valence-electron chi connectivity index (χ2n) is 6.77. The van der Waals surface area contributed by atoms with Crippen LogP contribution in [0.25, 0.3) is 5.52 Å². The maximum Gasteiger partial charge on any atom is 0.272 e. The molecule has 1 saturated heterocycles. The van der Waals surface area contributed by atoms with Crippen LogP contribution in [-0.2, 0) is 16.6 Å². The summed E-state index contributed by atoms with van der Waals surface area (Å²) in [6.07, 6.45) is 7.79. The van der Waals surface area contributed by atoms with Crippen LogP contribution in [0.5, 0.6) is 0 Å². The molecule has 0 aliphatic carbocycles.